The van der Waals surface area contributed by atoms with Crippen molar-refractivity contribution in [3.05, 3.63) is 0 Å². The van der Waals surface area contributed by atoms with Gasteiger partial charge in [-0.25, -0.2) is 0 Å². The molecule has 2 saturated carbocycles. The molecule has 0 heterocycles. The van der Waals surface area contributed by atoms with Gasteiger partial charge in [0.15, 0.2) is 0 Å². The van der Waals surface area contributed by atoms with Crippen LogP contribution < -0.4 is 5.32 Å². The van der Waals surface area contributed by atoms with Gasteiger partial charge in [0.05, 0.1) is 0 Å². The van der Waals surface area contributed by atoms with Gasteiger partial charge in [-0.3, -0.25) is 0 Å². The van der Waals surface area contributed by atoms with Crippen LogP contribution >= 0.6 is 0 Å². The molecule has 2 bridgehead atoms. The summed E-state index contributed by atoms with van der Waals surface area (Å²) in [6, 6.07) is 0. The molecular formula is C17H33N. The number of nitrogens with one attached hydrogen (secondary N) is 1. The van der Waals surface area contributed by atoms with Crippen molar-refractivity contribution in [2.75, 3.05) is 13.1 Å². The van der Waals surface area contributed by atoms with E-state index in [1.165, 1.54) is 64.5 Å². The summed E-state index contributed by atoms with van der Waals surface area (Å²) >= 11 is 0. The minimum Gasteiger partial charge on any atom is -0.316 e. The van der Waals surface area contributed by atoms with E-state index in [2.05, 4.69) is 19.2 Å². The van der Waals surface area contributed by atoms with Crippen molar-refractivity contribution in [3.63, 3.8) is 0 Å². The lowest BCUT2D eigenvalue weighted by Crippen LogP contribution is -2.39. The summed E-state index contributed by atoms with van der Waals surface area (Å²) < 4.78 is 0. The highest BCUT2D eigenvalue weighted by Gasteiger charge is 2.49. The zero-order valence-corrected chi connectivity index (χ0v) is 12.6. The minimum atomic E-state index is 0.700. The highest BCUT2D eigenvalue weighted by atomic mass is 14.9. The average Bonchev–Trinajstić information content (AvgIpc) is 2.96. The van der Waals surface area contributed by atoms with Crippen LogP contribution in [0, 0.1) is 17.3 Å². The first-order chi connectivity index (χ1) is 8.80. The minimum absolute atomic E-state index is 0.700. The van der Waals surface area contributed by atoms with E-state index in [0.29, 0.717) is 5.41 Å². The van der Waals surface area contributed by atoms with Gasteiger partial charge >= 0.3 is 0 Å². The number of rotatable bonds is 9. The first-order valence-electron chi connectivity index (χ1n) is 8.51. The van der Waals surface area contributed by atoms with Crippen LogP contribution in [0.4, 0.5) is 0 Å². The molecule has 3 atom stereocenters. The molecule has 18 heavy (non-hydrogen) atoms. The lowest BCUT2D eigenvalue weighted by atomic mass is 9.69. The number of fused-ring (bicyclic) bond motifs is 2. The third kappa shape index (κ3) is 3.29. The Kier molecular flexibility index (Phi) is 5.54. The molecule has 2 aliphatic carbocycles. The van der Waals surface area contributed by atoms with E-state index in [-0.39, 0.29) is 0 Å². The van der Waals surface area contributed by atoms with E-state index in [4.69, 9.17) is 0 Å². The van der Waals surface area contributed by atoms with Crippen LogP contribution in [0.5, 0.6) is 0 Å². The third-order valence-electron chi connectivity index (χ3n) is 5.53. The number of hydrogen-bond donors (Lipinski definition) is 1. The maximum absolute atomic E-state index is 3.74. The van der Waals surface area contributed by atoms with Crippen LogP contribution in [0.15, 0.2) is 0 Å². The van der Waals surface area contributed by atoms with Crippen molar-refractivity contribution in [2.45, 2.75) is 78.1 Å². The van der Waals surface area contributed by atoms with Gasteiger partial charge in [-0.05, 0) is 55.9 Å². The van der Waals surface area contributed by atoms with Crippen molar-refractivity contribution in [1.29, 1.82) is 0 Å². The molecule has 106 valence electrons. The average molecular weight is 251 g/mol. The predicted octanol–water partition coefficient (Wildman–Crippen LogP) is 4.76. The smallest absolute Gasteiger partial charge is 0.00106 e. The molecule has 2 rings (SSSR count). The molecule has 2 fully saturated rings. The summed E-state index contributed by atoms with van der Waals surface area (Å²) in [5.41, 5.74) is 0.700. The molecular weight excluding hydrogens is 218 g/mol. The predicted molar refractivity (Wildman–Crippen MR) is 79.8 cm³/mol. The highest BCUT2D eigenvalue weighted by Crippen LogP contribution is 2.57. The fourth-order valence-corrected chi connectivity index (χ4v) is 4.59. The van der Waals surface area contributed by atoms with Gasteiger partial charge in [0.25, 0.3) is 0 Å². The maximum atomic E-state index is 3.74. The molecule has 0 spiro atoms. The zero-order valence-electron chi connectivity index (χ0n) is 12.6. The van der Waals surface area contributed by atoms with Gasteiger partial charge in [0.2, 0.25) is 0 Å². The Balaban J connectivity index is 1.82. The summed E-state index contributed by atoms with van der Waals surface area (Å²) in [5.74, 6) is 2.15. The summed E-state index contributed by atoms with van der Waals surface area (Å²) in [4.78, 5) is 0. The second-order valence-electron chi connectivity index (χ2n) is 6.93. The standard InChI is InChI=1S/C17H33N/c1-3-5-6-7-10-17(14-18-11-4-2)13-15-8-9-16(17)12-15/h15-16,18H,3-14H2,1-2H3. The van der Waals surface area contributed by atoms with Gasteiger partial charge < -0.3 is 5.32 Å². The summed E-state index contributed by atoms with van der Waals surface area (Å²) in [7, 11) is 0. The Hall–Kier alpha value is -0.0400. The van der Waals surface area contributed by atoms with Crippen LogP contribution in [-0.4, -0.2) is 13.1 Å². The lowest BCUT2D eigenvalue weighted by molar-refractivity contribution is 0.138. The molecule has 1 N–H and O–H groups in total. The molecule has 0 aromatic carbocycles. The summed E-state index contributed by atoms with van der Waals surface area (Å²) in [6.45, 7) is 7.13. The van der Waals surface area contributed by atoms with Crippen LogP contribution in [0.2, 0.25) is 0 Å². The Labute approximate surface area is 114 Å². The molecule has 0 aliphatic heterocycles. The molecule has 0 aromatic heterocycles. The van der Waals surface area contributed by atoms with Gasteiger partial charge in [-0.15, -0.1) is 0 Å². The molecule has 0 radical (unpaired) electrons. The first-order valence-corrected chi connectivity index (χ1v) is 8.51. The number of unbranched alkanes of at least 4 members (excludes halogenated alkanes) is 3. The zero-order chi connectivity index (χ0) is 12.8. The Morgan fingerprint density at radius 2 is 1.94 bits per heavy atom. The highest BCUT2D eigenvalue weighted by molar-refractivity contribution is 5.01. The Morgan fingerprint density at radius 1 is 1.06 bits per heavy atom. The second-order valence-corrected chi connectivity index (χ2v) is 6.93. The van der Waals surface area contributed by atoms with Gasteiger partial charge in [0.1, 0.15) is 0 Å². The molecule has 3 unspecified atom stereocenters. The van der Waals surface area contributed by atoms with E-state index in [1.54, 1.807) is 12.8 Å². The van der Waals surface area contributed by atoms with Crippen LogP contribution in [0.25, 0.3) is 0 Å². The molecule has 0 saturated heterocycles. The van der Waals surface area contributed by atoms with Gasteiger partial charge in [-0.1, -0.05) is 46.0 Å². The second kappa shape index (κ2) is 6.93. The van der Waals surface area contributed by atoms with Crippen molar-refractivity contribution < 1.29 is 0 Å². The SMILES string of the molecule is CCCCCCC1(CNCCC)CC2CCC1C2. The van der Waals surface area contributed by atoms with E-state index in [0.717, 1.165) is 11.8 Å². The molecule has 2 aliphatic rings. The van der Waals surface area contributed by atoms with Crippen molar-refractivity contribution >= 4 is 0 Å². The summed E-state index contributed by atoms with van der Waals surface area (Å²) in [6.07, 6.45) is 14.7. The van der Waals surface area contributed by atoms with E-state index < -0.39 is 0 Å². The Bertz CT molecular complexity index is 238. The van der Waals surface area contributed by atoms with Gasteiger partial charge in [0, 0.05) is 6.54 Å². The van der Waals surface area contributed by atoms with Gasteiger partial charge in [-0.2, -0.15) is 0 Å². The molecule has 1 heteroatoms. The fourth-order valence-electron chi connectivity index (χ4n) is 4.59. The first kappa shape index (κ1) is 14.4. The largest absolute Gasteiger partial charge is 0.316 e. The summed E-state index contributed by atoms with van der Waals surface area (Å²) in [5, 5.41) is 3.74. The van der Waals surface area contributed by atoms with Crippen molar-refractivity contribution in [2.24, 2.45) is 17.3 Å². The molecule has 1 nitrogen and oxygen atoms in total. The number of hydrogen-bond acceptors (Lipinski definition) is 1. The Morgan fingerprint density at radius 3 is 2.56 bits per heavy atom. The van der Waals surface area contributed by atoms with Crippen LogP contribution in [0.3, 0.4) is 0 Å². The van der Waals surface area contributed by atoms with E-state index >= 15 is 0 Å². The topological polar surface area (TPSA) is 12.0 Å². The monoisotopic (exact) mass is 251 g/mol. The van der Waals surface area contributed by atoms with Crippen molar-refractivity contribution in [3.8, 4) is 0 Å². The quantitative estimate of drug-likeness (QED) is 0.582. The maximum Gasteiger partial charge on any atom is 0.00106 e. The van der Waals surface area contributed by atoms with E-state index in [1.807, 2.05) is 0 Å². The van der Waals surface area contributed by atoms with Crippen LogP contribution in [-0.2, 0) is 0 Å². The third-order valence-corrected chi connectivity index (χ3v) is 5.53. The lowest BCUT2D eigenvalue weighted by Gasteiger charge is -2.38. The normalized spacial score (nSPS) is 34.3. The molecule has 0 amide bonds. The molecule has 0 aromatic rings. The van der Waals surface area contributed by atoms with Crippen LogP contribution in [0.1, 0.15) is 78.1 Å². The fraction of sp³-hybridized carbons (Fsp3) is 1.00. The van der Waals surface area contributed by atoms with E-state index in [9.17, 15) is 0 Å². The van der Waals surface area contributed by atoms with Crippen molar-refractivity contribution in [1.82, 2.24) is 5.32 Å².